The maximum Gasteiger partial charge on any atom is 0.251 e. The number of H-pyrrole nitrogens is 1. The number of thioether (sulfide) groups is 1. The van der Waals surface area contributed by atoms with Crippen LogP contribution in [0.5, 0.6) is 0 Å². The molecule has 100 valence electrons. The molecule has 1 amide bonds. The second-order valence-electron chi connectivity index (χ2n) is 3.85. The summed E-state index contributed by atoms with van der Waals surface area (Å²) >= 11 is 1.31. The van der Waals surface area contributed by atoms with Crippen molar-refractivity contribution < 1.29 is 4.79 Å². The smallest absolute Gasteiger partial charge is 0.251 e. The first-order valence-corrected chi connectivity index (χ1v) is 6.75. The summed E-state index contributed by atoms with van der Waals surface area (Å²) in [5.74, 6) is 0.0155. The molecule has 4 N–H and O–H groups in total. The molecule has 1 aromatic heterocycles. The summed E-state index contributed by atoms with van der Waals surface area (Å²) in [5, 5.41) is 3.33. The van der Waals surface area contributed by atoms with Gasteiger partial charge in [0.15, 0.2) is 5.16 Å². The lowest BCUT2D eigenvalue weighted by Crippen LogP contribution is -2.41. The van der Waals surface area contributed by atoms with Gasteiger partial charge < -0.3 is 16.0 Å². The van der Waals surface area contributed by atoms with Crippen LogP contribution in [-0.4, -0.2) is 34.7 Å². The molecular weight excluding hydrogens is 252 g/mol. The maximum absolute atomic E-state index is 11.4. The molecule has 1 heterocycles. The van der Waals surface area contributed by atoms with Crippen LogP contribution in [0.15, 0.2) is 16.0 Å². The van der Waals surface area contributed by atoms with E-state index in [9.17, 15) is 9.59 Å². The van der Waals surface area contributed by atoms with Crippen LogP contribution in [-0.2, 0) is 11.2 Å². The molecule has 1 aromatic rings. The molecule has 0 aliphatic rings. The van der Waals surface area contributed by atoms with Crippen LogP contribution in [0.4, 0.5) is 0 Å². The van der Waals surface area contributed by atoms with Gasteiger partial charge in [0.25, 0.3) is 5.56 Å². The van der Waals surface area contributed by atoms with Crippen LogP contribution in [0, 0.1) is 0 Å². The number of nitrogens with zero attached hydrogens (tertiary/aromatic N) is 1. The van der Waals surface area contributed by atoms with Gasteiger partial charge in [-0.1, -0.05) is 25.1 Å². The van der Waals surface area contributed by atoms with E-state index in [1.54, 1.807) is 7.05 Å². The minimum Gasteiger partial charge on any atom is -0.368 e. The molecule has 1 unspecified atom stereocenters. The highest BCUT2D eigenvalue weighted by molar-refractivity contribution is 7.99. The van der Waals surface area contributed by atoms with Gasteiger partial charge >= 0.3 is 0 Å². The Morgan fingerprint density at radius 2 is 2.39 bits per heavy atom. The number of rotatable bonds is 7. The third kappa shape index (κ3) is 4.50. The summed E-state index contributed by atoms with van der Waals surface area (Å²) in [5.41, 5.74) is 5.81. The van der Waals surface area contributed by atoms with Gasteiger partial charge in [-0.05, 0) is 13.5 Å². The van der Waals surface area contributed by atoms with Gasteiger partial charge in [0.05, 0.1) is 6.04 Å². The maximum atomic E-state index is 11.4. The van der Waals surface area contributed by atoms with E-state index in [2.05, 4.69) is 15.3 Å². The first kappa shape index (κ1) is 14.7. The van der Waals surface area contributed by atoms with E-state index in [1.807, 2.05) is 6.92 Å². The van der Waals surface area contributed by atoms with E-state index in [0.29, 0.717) is 10.9 Å². The minimum atomic E-state index is -0.435. The number of amides is 1. The van der Waals surface area contributed by atoms with E-state index in [-0.39, 0.29) is 5.56 Å². The number of hydrogen-bond donors (Lipinski definition) is 3. The fourth-order valence-corrected chi connectivity index (χ4v) is 2.42. The Balaban J connectivity index is 2.72. The summed E-state index contributed by atoms with van der Waals surface area (Å²) in [7, 11) is 1.67. The molecule has 0 aromatic carbocycles. The van der Waals surface area contributed by atoms with Gasteiger partial charge in [0.1, 0.15) is 0 Å². The predicted molar refractivity (Wildman–Crippen MR) is 71.6 cm³/mol. The van der Waals surface area contributed by atoms with E-state index in [0.717, 1.165) is 18.5 Å². The third-order valence-electron chi connectivity index (χ3n) is 2.36. The summed E-state index contributed by atoms with van der Waals surface area (Å²) in [4.78, 5) is 29.4. The molecule has 0 radical (unpaired) electrons. The zero-order valence-electron chi connectivity index (χ0n) is 10.5. The van der Waals surface area contributed by atoms with Gasteiger partial charge in [-0.25, -0.2) is 4.98 Å². The fraction of sp³-hybridized carbons (Fsp3) is 0.545. The van der Waals surface area contributed by atoms with Crippen molar-refractivity contribution in [2.45, 2.75) is 31.0 Å². The number of aromatic nitrogens is 2. The quantitative estimate of drug-likeness (QED) is 0.474. The van der Waals surface area contributed by atoms with Gasteiger partial charge in [0.2, 0.25) is 5.91 Å². The molecule has 6 nitrogen and oxygen atoms in total. The lowest BCUT2D eigenvalue weighted by molar-refractivity contribution is -0.119. The monoisotopic (exact) mass is 270 g/mol. The van der Waals surface area contributed by atoms with Gasteiger partial charge in [-0.3, -0.25) is 9.59 Å². The Bertz CT molecular complexity index is 461. The average molecular weight is 270 g/mol. The van der Waals surface area contributed by atoms with Crippen molar-refractivity contribution in [3.8, 4) is 0 Å². The zero-order chi connectivity index (χ0) is 13.5. The van der Waals surface area contributed by atoms with Crippen molar-refractivity contribution in [3.05, 3.63) is 22.1 Å². The number of aryl methyl sites for hydroxylation is 1. The van der Waals surface area contributed by atoms with Crippen molar-refractivity contribution in [2.24, 2.45) is 5.73 Å². The normalized spacial score (nSPS) is 12.3. The number of nitrogens with one attached hydrogen (secondary N) is 2. The standard InChI is InChI=1S/C11H18N4O2S/c1-3-4-7-5-9(16)15-11(14-7)18-6-8(13-2)10(12)17/h5,8,13H,3-4,6H2,1-2H3,(H2,12,17)(H,14,15,16). The van der Waals surface area contributed by atoms with Crippen LogP contribution < -0.4 is 16.6 Å². The number of aromatic amines is 1. The number of carbonyl (C=O) groups excluding carboxylic acids is 1. The molecule has 0 saturated heterocycles. The predicted octanol–water partition coefficient (Wildman–Crippen LogP) is -0.112. The highest BCUT2D eigenvalue weighted by Gasteiger charge is 2.13. The van der Waals surface area contributed by atoms with E-state index in [4.69, 9.17) is 5.73 Å². The number of likely N-dealkylation sites (N-methyl/N-ethyl adjacent to an activating group) is 1. The summed E-state index contributed by atoms with van der Waals surface area (Å²) in [6, 6.07) is 1.06. The molecule has 0 aliphatic carbocycles. The number of carbonyl (C=O) groups is 1. The molecule has 7 heteroatoms. The molecule has 1 rings (SSSR count). The molecule has 0 bridgehead atoms. The second-order valence-corrected chi connectivity index (χ2v) is 4.86. The highest BCUT2D eigenvalue weighted by Crippen LogP contribution is 2.13. The molecule has 1 atom stereocenters. The zero-order valence-corrected chi connectivity index (χ0v) is 11.3. The minimum absolute atomic E-state index is 0.170. The summed E-state index contributed by atoms with van der Waals surface area (Å²) in [6.07, 6.45) is 1.70. The van der Waals surface area contributed by atoms with Crippen LogP contribution in [0.25, 0.3) is 0 Å². The third-order valence-corrected chi connectivity index (χ3v) is 3.32. The Hall–Kier alpha value is -1.34. The molecule has 0 spiro atoms. The van der Waals surface area contributed by atoms with Crippen LogP contribution in [0.1, 0.15) is 19.0 Å². The van der Waals surface area contributed by atoms with Crippen molar-refractivity contribution in [1.29, 1.82) is 0 Å². The van der Waals surface area contributed by atoms with Gasteiger partial charge in [-0.15, -0.1) is 0 Å². The number of primary amides is 1. The summed E-state index contributed by atoms with van der Waals surface area (Å²) < 4.78 is 0. The number of hydrogen-bond acceptors (Lipinski definition) is 5. The van der Waals surface area contributed by atoms with Crippen LogP contribution in [0.3, 0.4) is 0 Å². The molecule has 18 heavy (non-hydrogen) atoms. The van der Waals surface area contributed by atoms with Crippen molar-refractivity contribution in [1.82, 2.24) is 15.3 Å². The Morgan fingerprint density at radius 1 is 1.67 bits per heavy atom. The lowest BCUT2D eigenvalue weighted by Gasteiger charge is -2.11. The summed E-state index contributed by atoms with van der Waals surface area (Å²) in [6.45, 7) is 2.03. The Morgan fingerprint density at radius 3 is 2.94 bits per heavy atom. The first-order chi connectivity index (χ1) is 8.56. The fourth-order valence-electron chi connectivity index (χ4n) is 1.41. The van der Waals surface area contributed by atoms with Crippen molar-refractivity contribution in [3.63, 3.8) is 0 Å². The lowest BCUT2D eigenvalue weighted by atomic mass is 10.2. The Labute approximate surface area is 110 Å². The van der Waals surface area contributed by atoms with Gasteiger partial charge in [0, 0.05) is 17.5 Å². The average Bonchev–Trinajstić information content (AvgIpc) is 2.29. The van der Waals surface area contributed by atoms with E-state index < -0.39 is 11.9 Å². The largest absolute Gasteiger partial charge is 0.368 e. The van der Waals surface area contributed by atoms with Gasteiger partial charge in [-0.2, -0.15) is 0 Å². The SMILES string of the molecule is CCCc1cc(=O)[nH]c(SCC(NC)C(N)=O)n1. The first-order valence-electron chi connectivity index (χ1n) is 5.76. The topological polar surface area (TPSA) is 101 Å². The molecular formula is C11H18N4O2S. The van der Waals surface area contributed by atoms with Crippen LogP contribution >= 0.6 is 11.8 Å². The van der Waals surface area contributed by atoms with Crippen LogP contribution in [0.2, 0.25) is 0 Å². The van der Waals surface area contributed by atoms with E-state index in [1.165, 1.54) is 17.8 Å². The number of nitrogens with two attached hydrogens (primary N) is 1. The van der Waals surface area contributed by atoms with Crippen molar-refractivity contribution >= 4 is 17.7 Å². The molecule has 0 saturated carbocycles. The molecule has 0 fully saturated rings. The second kappa shape index (κ2) is 7.17. The Kier molecular flexibility index (Phi) is 5.87. The van der Waals surface area contributed by atoms with E-state index >= 15 is 0 Å². The highest BCUT2D eigenvalue weighted by atomic mass is 32.2. The molecule has 0 aliphatic heterocycles. The van der Waals surface area contributed by atoms with Crippen molar-refractivity contribution in [2.75, 3.05) is 12.8 Å².